The smallest absolute Gasteiger partial charge is 0.231 e. The number of ether oxygens (including phenoxy) is 4. The number of halogens is 1. The molecule has 44 heavy (non-hydrogen) atoms. The van der Waals surface area contributed by atoms with Crippen LogP contribution in [0.15, 0.2) is 91.0 Å². The van der Waals surface area contributed by atoms with Crippen molar-refractivity contribution in [3.63, 3.8) is 0 Å². The molecular formula is C36H34FN3O4. The molecule has 4 aromatic carbocycles. The van der Waals surface area contributed by atoms with Gasteiger partial charge in [0.05, 0.1) is 11.4 Å². The van der Waals surface area contributed by atoms with Gasteiger partial charge in [-0.25, -0.2) is 9.37 Å². The maximum atomic E-state index is 14.5. The molecule has 5 aromatic rings. The minimum absolute atomic E-state index is 0.236. The lowest BCUT2D eigenvalue weighted by Crippen LogP contribution is -2.24. The number of aromatic nitrogens is 2. The first-order valence-electron chi connectivity index (χ1n) is 15.0. The summed E-state index contributed by atoms with van der Waals surface area (Å²) in [5.74, 6) is 3.55. The van der Waals surface area contributed by atoms with Crippen LogP contribution in [-0.4, -0.2) is 28.0 Å². The van der Waals surface area contributed by atoms with Crippen molar-refractivity contribution in [3.05, 3.63) is 114 Å². The zero-order valence-electron chi connectivity index (χ0n) is 24.7. The largest absolute Gasteiger partial charge is 0.454 e. The van der Waals surface area contributed by atoms with Crippen molar-refractivity contribution in [1.82, 2.24) is 14.5 Å². The number of fused-ring (bicyclic) bond motifs is 2. The highest BCUT2D eigenvalue weighted by molar-refractivity contribution is 5.68. The Bertz CT molecular complexity index is 1710. The summed E-state index contributed by atoms with van der Waals surface area (Å²) in [4.78, 5) is 7.60. The molecule has 7 nitrogen and oxygen atoms in total. The van der Waals surface area contributed by atoms with Crippen LogP contribution in [0.5, 0.6) is 23.0 Å². The molecule has 0 unspecified atom stereocenters. The Labute approximate surface area is 256 Å². The summed E-state index contributed by atoms with van der Waals surface area (Å²) >= 11 is 0. The zero-order chi connectivity index (χ0) is 29.9. The molecule has 2 aliphatic rings. The molecule has 0 bridgehead atoms. The first-order valence-corrected chi connectivity index (χ1v) is 15.0. The van der Waals surface area contributed by atoms with Crippen molar-refractivity contribution in [2.45, 2.75) is 45.9 Å². The highest BCUT2D eigenvalue weighted by Crippen LogP contribution is 2.36. The average molecular weight is 592 g/mol. The van der Waals surface area contributed by atoms with Crippen LogP contribution in [0.1, 0.15) is 36.6 Å². The van der Waals surface area contributed by atoms with E-state index in [2.05, 4.69) is 52.8 Å². The molecule has 224 valence electrons. The summed E-state index contributed by atoms with van der Waals surface area (Å²) in [5, 5.41) is 0. The van der Waals surface area contributed by atoms with E-state index in [1.54, 1.807) is 12.1 Å². The van der Waals surface area contributed by atoms with Crippen molar-refractivity contribution in [1.29, 1.82) is 0 Å². The van der Waals surface area contributed by atoms with Crippen LogP contribution in [0.3, 0.4) is 0 Å². The Hall–Kier alpha value is -4.82. The molecule has 2 aliphatic heterocycles. The molecule has 8 heteroatoms. The highest BCUT2D eigenvalue weighted by Gasteiger charge is 2.24. The topological polar surface area (TPSA) is 58.0 Å². The Balaban J connectivity index is 1.32. The predicted octanol–water partition coefficient (Wildman–Crippen LogP) is 7.82. The molecule has 0 atom stereocenters. The van der Waals surface area contributed by atoms with E-state index in [1.807, 2.05) is 36.4 Å². The van der Waals surface area contributed by atoms with Crippen LogP contribution in [0.4, 0.5) is 4.39 Å². The van der Waals surface area contributed by atoms with E-state index < -0.39 is 0 Å². The van der Waals surface area contributed by atoms with Gasteiger partial charge in [-0.15, -0.1) is 0 Å². The quantitative estimate of drug-likeness (QED) is 0.156. The van der Waals surface area contributed by atoms with Crippen molar-refractivity contribution >= 4 is 0 Å². The van der Waals surface area contributed by atoms with Crippen molar-refractivity contribution < 1.29 is 23.3 Å². The SMILES string of the molecule is CCCCn1c(-c2cccc(F)c2)nc(-c2ccccc2)c1CN(Cc1ccc2c(c1)OCO2)Cc1ccc2c(c1)OCO2. The number of benzene rings is 4. The lowest BCUT2D eigenvalue weighted by atomic mass is 10.1. The van der Waals surface area contributed by atoms with E-state index in [4.69, 9.17) is 23.9 Å². The minimum Gasteiger partial charge on any atom is -0.454 e. The molecule has 0 amide bonds. The summed E-state index contributed by atoms with van der Waals surface area (Å²) in [6.45, 7) is 5.36. The third-order valence-corrected chi connectivity index (χ3v) is 8.00. The van der Waals surface area contributed by atoms with Crippen LogP contribution in [0.2, 0.25) is 0 Å². The van der Waals surface area contributed by atoms with Crippen molar-refractivity contribution in [2.24, 2.45) is 0 Å². The Morgan fingerprint density at radius 2 is 1.34 bits per heavy atom. The Morgan fingerprint density at radius 1 is 0.705 bits per heavy atom. The highest BCUT2D eigenvalue weighted by atomic mass is 19.1. The second kappa shape index (κ2) is 12.4. The number of hydrogen-bond donors (Lipinski definition) is 0. The first kappa shape index (κ1) is 28.0. The van der Waals surface area contributed by atoms with Crippen molar-refractivity contribution in [2.75, 3.05) is 13.6 Å². The third kappa shape index (κ3) is 5.85. The van der Waals surface area contributed by atoms with Crippen LogP contribution in [0, 0.1) is 5.82 Å². The number of hydrogen-bond acceptors (Lipinski definition) is 6. The van der Waals surface area contributed by atoms with Gasteiger partial charge in [0.2, 0.25) is 13.6 Å². The fraction of sp³-hybridized carbons (Fsp3) is 0.250. The summed E-state index contributed by atoms with van der Waals surface area (Å²) in [5.41, 5.74) is 6.01. The molecular weight excluding hydrogens is 557 g/mol. The van der Waals surface area contributed by atoms with Gasteiger partial charge in [-0.3, -0.25) is 4.90 Å². The fourth-order valence-electron chi connectivity index (χ4n) is 5.85. The van der Waals surface area contributed by atoms with Gasteiger partial charge in [-0.1, -0.05) is 67.9 Å². The summed E-state index contributed by atoms with van der Waals surface area (Å²) in [7, 11) is 0. The van der Waals surface area contributed by atoms with E-state index in [0.717, 1.165) is 81.9 Å². The number of unbranched alkanes of at least 4 members (excludes halogenated alkanes) is 1. The molecule has 3 heterocycles. The van der Waals surface area contributed by atoms with Gasteiger partial charge >= 0.3 is 0 Å². The van der Waals surface area contributed by atoms with Gasteiger partial charge < -0.3 is 23.5 Å². The zero-order valence-corrected chi connectivity index (χ0v) is 24.7. The molecule has 0 spiro atoms. The summed E-state index contributed by atoms with van der Waals surface area (Å²) in [6, 6.07) is 29.2. The van der Waals surface area contributed by atoms with E-state index in [0.29, 0.717) is 19.6 Å². The summed E-state index contributed by atoms with van der Waals surface area (Å²) in [6.07, 6.45) is 2.00. The standard InChI is InChI=1S/C36H34FN3O4/c1-2-3-16-40-30(35(27-8-5-4-6-9-27)38-36(40)28-10-7-11-29(37)19-28)22-39(20-25-12-14-31-33(17-25)43-23-41-31)21-26-13-15-32-34(18-26)44-24-42-32/h4-15,17-19H,2-3,16,20-24H2,1H3. The minimum atomic E-state index is -0.275. The summed E-state index contributed by atoms with van der Waals surface area (Å²) < 4.78 is 39.3. The Kier molecular flexibility index (Phi) is 7.90. The van der Waals surface area contributed by atoms with Crippen LogP contribution < -0.4 is 18.9 Å². The maximum absolute atomic E-state index is 14.5. The maximum Gasteiger partial charge on any atom is 0.231 e. The van der Waals surface area contributed by atoms with Gasteiger partial charge in [0, 0.05) is 37.3 Å². The van der Waals surface area contributed by atoms with E-state index in [9.17, 15) is 4.39 Å². The van der Waals surface area contributed by atoms with E-state index in [-0.39, 0.29) is 19.4 Å². The van der Waals surface area contributed by atoms with E-state index >= 15 is 0 Å². The van der Waals surface area contributed by atoms with Gasteiger partial charge in [0.1, 0.15) is 11.6 Å². The normalized spacial score (nSPS) is 13.2. The van der Waals surface area contributed by atoms with Crippen LogP contribution in [0.25, 0.3) is 22.6 Å². The molecule has 0 radical (unpaired) electrons. The van der Waals surface area contributed by atoms with Crippen molar-refractivity contribution in [3.8, 4) is 45.6 Å². The molecule has 0 aliphatic carbocycles. The van der Waals surface area contributed by atoms with Gasteiger partial charge in [0.25, 0.3) is 0 Å². The average Bonchev–Trinajstić information content (AvgIpc) is 3.79. The molecule has 0 saturated carbocycles. The molecule has 1 aromatic heterocycles. The second-order valence-electron chi connectivity index (χ2n) is 11.1. The number of rotatable bonds is 11. The molecule has 0 saturated heterocycles. The first-order chi connectivity index (χ1) is 21.6. The van der Waals surface area contributed by atoms with Gasteiger partial charge in [0.15, 0.2) is 23.0 Å². The predicted molar refractivity (Wildman–Crippen MR) is 166 cm³/mol. The Morgan fingerprint density at radius 3 is 1.98 bits per heavy atom. The van der Waals surface area contributed by atoms with Crippen LogP contribution >= 0.6 is 0 Å². The lowest BCUT2D eigenvalue weighted by Gasteiger charge is -2.25. The second-order valence-corrected chi connectivity index (χ2v) is 11.1. The van der Waals surface area contributed by atoms with Gasteiger partial charge in [-0.05, 0) is 53.9 Å². The molecule has 7 rings (SSSR count). The number of imidazole rings is 1. The molecule has 0 N–H and O–H groups in total. The fourth-order valence-corrected chi connectivity index (χ4v) is 5.85. The number of nitrogens with zero attached hydrogens (tertiary/aromatic N) is 3. The molecule has 0 fully saturated rings. The van der Waals surface area contributed by atoms with Crippen LogP contribution in [-0.2, 0) is 26.2 Å². The van der Waals surface area contributed by atoms with Gasteiger partial charge in [-0.2, -0.15) is 0 Å². The monoisotopic (exact) mass is 591 g/mol. The lowest BCUT2D eigenvalue weighted by molar-refractivity contribution is 0.173. The van der Waals surface area contributed by atoms with E-state index in [1.165, 1.54) is 6.07 Å². The third-order valence-electron chi connectivity index (χ3n) is 8.00.